The van der Waals surface area contributed by atoms with Gasteiger partial charge in [-0.2, -0.15) is 0 Å². The van der Waals surface area contributed by atoms with Crippen LogP contribution in [0, 0.1) is 0 Å². The van der Waals surface area contributed by atoms with Crippen molar-refractivity contribution in [3.05, 3.63) is 29.8 Å². The van der Waals surface area contributed by atoms with E-state index in [1.165, 1.54) is 31.5 Å². The molecule has 0 bridgehead atoms. The van der Waals surface area contributed by atoms with Gasteiger partial charge >= 0.3 is 0 Å². The van der Waals surface area contributed by atoms with E-state index in [-0.39, 0.29) is 0 Å². The molecule has 21 heavy (non-hydrogen) atoms. The number of piperidine rings is 1. The van der Waals surface area contributed by atoms with E-state index in [4.69, 9.17) is 4.74 Å². The Hall–Kier alpha value is -1.06. The van der Waals surface area contributed by atoms with Crippen LogP contribution < -0.4 is 10.1 Å². The van der Waals surface area contributed by atoms with Gasteiger partial charge in [0.2, 0.25) is 0 Å². The van der Waals surface area contributed by atoms with Crippen molar-refractivity contribution in [1.82, 2.24) is 10.2 Å². The molecule has 1 unspecified atom stereocenters. The van der Waals surface area contributed by atoms with Crippen LogP contribution in [0.3, 0.4) is 0 Å². The zero-order chi connectivity index (χ0) is 14.9. The van der Waals surface area contributed by atoms with Gasteiger partial charge in [0.25, 0.3) is 0 Å². The zero-order valence-corrected chi connectivity index (χ0v) is 13.6. The maximum atomic E-state index is 5.76. The summed E-state index contributed by atoms with van der Waals surface area (Å²) in [5.74, 6) is 1.06. The predicted octanol–water partition coefficient (Wildman–Crippen LogP) is 3.36. The van der Waals surface area contributed by atoms with Crippen molar-refractivity contribution in [3.63, 3.8) is 0 Å². The van der Waals surface area contributed by atoms with Gasteiger partial charge in [0.05, 0.1) is 6.61 Å². The maximum Gasteiger partial charge on any atom is 0.124 e. The highest BCUT2D eigenvalue weighted by Crippen LogP contribution is 2.32. The third kappa shape index (κ3) is 3.41. The molecule has 0 spiro atoms. The number of hydrogen-bond donors (Lipinski definition) is 1. The average Bonchev–Trinajstić information content (AvgIpc) is 2.47. The quantitative estimate of drug-likeness (QED) is 0.903. The van der Waals surface area contributed by atoms with E-state index in [0.717, 1.165) is 18.8 Å². The van der Waals surface area contributed by atoms with E-state index in [1.54, 1.807) is 0 Å². The summed E-state index contributed by atoms with van der Waals surface area (Å²) in [6, 6.07) is 9.57. The lowest BCUT2D eigenvalue weighted by atomic mass is 9.95. The van der Waals surface area contributed by atoms with Crippen molar-refractivity contribution in [2.24, 2.45) is 0 Å². The van der Waals surface area contributed by atoms with Gasteiger partial charge in [0, 0.05) is 42.7 Å². The van der Waals surface area contributed by atoms with Gasteiger partial charge in [0.15, 0.2) is 0 Å². The van der Waals surface area contributed by atoms with Crippen molar-refractivity contribution >= 4 is 0 Å². The van der Waals surface area contributed by atoms with Crippen molar-refractivity contribution in [3.8, 4) is 5.75 Å². The van der Waals surface area contributed by atoms with E-state index in [1.807, 2.05) is 0 Å². The Labute approximate surface area is 128 Å². The third-order valence-corrected chi connectivity index (χ3v) is 4.84. The summed E-state index contributed by atoms with van der Waals surface area (Å²) in [4.78, 5) is 2.60. The topological polar surface area (TPSA) is 24.5 Å². The van der Waals surface area contributed by atoms with Crippen LogP contribution in [0.1, 0.15) is 51.6 Å². The minimum absolute atomic E-state index is 0.302. The van der Waals surface area contributed by atoms with Crippen LogP contribution in [-0.2, 0) is 0 Å². The second-order valence-corrected chi connectivity index (χ2v) is 7.33. The first kappa shape index (κ1) is 14.9. The highest BCUT2D eigenvalue weighted by atomic mass is 16.5. The number of ether oxygens (including phenoxy) is 1. The summed E-state index contributed by atoms with van der Waals surface area (Å²) in [7, 11) is 0. The Morgan fingerprint density at radius 1 is 1.10 bits per heavy atom. The maximum absolute atomic E-state index is 5.76. The summed E-state index contributed by atoms with van der Waals surface area (Å²) in [6.45, 7) is 10.2. The normalized spacial score (nSPS) is 24.4. The standard InChI is InChI=1S/C18H28N2O/c1-18(2,3)20-11-8-14(9-12-20)19-16-10-13-21-17-7-5-4-6-15(16)17/h4-7,14,16,19H,8-13H2,1-3H3. The minimum atomic E-state index is 0.302. The summed E-state index contributed by atoms with van der Waals surface area (Å²) in [6.07, 6.45) is 3.57. The summed E-state index contributed by atoms with van der Waals surface area (Å²) < 4.78 is 5.76. The molecule has 3 rings (SSSR count). The van der Waals surface area contributed by atoms with Gasteiger partial charge in [-0.25, -0.2) is 0 Å². The highest BCUT2D eigenvalue weighted by molar-refractivity contribution is 5.37. The van der Waals surface area contributed by atoms with Crippen molar-refractivity contribution in [2.45, 2.75) is 57.7 Å². The molecule has 0 radical (unpaired) electrons. The fourth-order valence-corrected chi connectivity index (χ4v) is 3.52. The Morgan fingerprint density at radius 2 is 1.81 bits per heavy atom. The number of nitrogens with one attached hydrogen (secondary N) is 1. The van der Waals surface area contributed by atoms with Gasteiger partial charge in [-0.15, -0.1) is 0 Å². The molecule has 1 fully saturated rings. The number of nitrogens with zero attached hydrogens (tertiary/aromatic N) is 1. The molecule has 3 nitrogen and oxygen atoms in total. The van der Waals surface area contributed by atoms with E-state index in [9.17, 15) is 0 Å². The first-order valence-electron chi connectivity index (χ1n) is 8.27. The van der Waals surface area contributed by atoms with Gasteiger partial charge in [0.1, 0.15) is 5.75 Å². The monoisotopic (exact) mass is 288 g/mol. The molecular weight excluding hydrogens is 260 g/mol. The lowest BCUT2D eigenvalue weighted by Gasteiger charge is -2.42. The molecular formula is C18H28N2O. The molecule has 1 N–H and O–H groups in total. The molecule has 3 heteroatoms. The Balaban J connectivity index is 1.59. The highest BCUT2D eigenvalue weighted by Gasteiger charge is 2.29. The molecule has 1 aromatic carbocycles. The third-order valence-electron chi connectivity index (χ3n) is 4.84. The van der Waals surface area contributed by atoms with Gasteiger partial charge in [-0.3, -0.25) is 4.90 Å². The minimum Gasteiger partial charge on any atom is -0.493 e. The van der Waals surface area contributed by atoms with E-state index in [0.29, 0.717) is 17.6 Å². The number of hydrogen-bond acceptors (Lipinski definition) is 3. The molecule has 1 atom stereocenters. The van der Waals surface area contributed by atoms with Crippen LogP contribution in [0.15, 0.2) is 24.3 Å². The predicted molar refractivity (Wildman–Crippen MR) is 86.8 cm³/mol. The molecule has 1 saturated heterocycles. The molecule has 1 aromatic rings. The van der Waals surface area contributed by atoms with Crippen molar-refractivity contribution in [1.29, 1.82) is 0 Å². The number of fused-ring (bicyclic) bond motifs is 1. The molecule has 2 aliphatic rings. The summed E-state index contributed by atoms with van der Waals surface area (Å²) in [5, 5.41) is 3.88. The molecule has 0 amide bonds. The number of benzene rings is 1. The van der Waals surface area contributed by atoms with Gasteiger partial charge < -0.3 is 10.1 Å². The average molecular weight is 288 g/mol. The molecule has 0 aromatic heterocycles. The molecule has 2 heterocycles. The first-order valence-corrected chi connectivity index (χ1v) is 8.27. The van der Waals surface area contributed by atoms with E-state index in [2.05, 4.69) is 55.3 Å². The van der Waals surface area contributed by atoms with Crippen LogP contribution in [-0.4, -0.2) is 36.2 Å². The number of rotatable bonds is 2. The van der Waals surface area contributed by atoms with Gasteiger partial charge in [-0.1, -0.05) is 18.2 Å². The lowest BCUT2D eigenvalue weighted by molar-refractivity contribution is 0.0917. The van der Waals surface area contributed by atoms with Crippen LogP contribution in [0.4, 0.5) is 0 Å². The van der Waals surface area contributed by atoms with E-state index >= 15 is 0 Å². The second kappa shape index (κ2) is 5.98. The fraction of sp³-hybridized carbons (Fsp3) is 0.667. The molecule has 0 saturated carbocycles. The smallest absolute Gasteiger partial charge is 0.124 e. The zero-order valence-electron chi connectivity index (χ0n) is 13.6. The van der Waals surface area contributed by atoms with Crippen LogP contribution in [0.25, 0.3) is 0 Å². The molecule has 116 valence electrons. The molecule has 0 aliphatic carbocycles. The summed E-state index contributed by atoms with van der Waals surface area (Å²) >= 11 is 0. The Bertz CT molecular complexity index is 472. The number of para-hydroxylation sites is 1. The van der Waals surface area contributed by atoms with E-state index < -0.39 is 0 Å². The van der Waals surface area contributed by atoms with Crippen LogP contribution in [0.2, 0.25) is 0 Å². The first-order chi connectivity index (χ1) is 10.0. The second-order valence-electron chi connectivity index (χ2n) is 7.33. The van der Waals surface area contributed by atoms with Crippen LogP contribution >= 0.6 is 0 Å². The SMILES string of the molecule is CC(C)(C)N1CCC(NC2CCOc3ccccc32)CC1. The largest absolute Gasteiger partial charge is 0.493 e. The number of likely N-dealkylation sites (tertiary alicyclic amines) is 1. The summed E-state index contributed by atoms with van der Waals surface area (Å²) in [5.41, 5.74) is 1.64. The van der Waals surface area contributed by atoms with Crippen molar-refractivity contribution < 1.29 is 4.74 Å². The van der Waals surface area contributed by atoms with Crippen molar-refractivity contribution in [2.75, 3.05) is 19.7 Å². The lowest BCUT2D eigenvalue weighted by Crippen LogP contribution is -2.50. The van der Waals surface area contributed by atoms with Crippen LogP contribution in [0.5, 0.6) is 5.75 Å². The van der Waals surface area contributed by atoms with Gasteiger partial charge in [-0.05, 0) is 39.7 Å². The Kier molecular flexibility index (Phi) is 4.23. The Morgan fingerprint density at radius 3 is 2.52 bits per heavy atom. The molecule has 2 aliphatic heterocycles. The fourth-order valence-electron chi connectivity index (χ4n) is 3.52.